The van der Waals surface area contributed by atoms with E-state index in [-0.39, 0.29) is 0 Å². The molecule has 0 aliphatic rings. The van der Waals surface area contributed by atoms with Gasteiger partial charge in [-0.1, -0.05) is 0 Å². The van der Waals surface area contributed by atoms with Crippen LogP contribution in [0.2, 0.25) is 0 Å². The van der Waals surface area contributed by atoms with Gasteiger partial charge in [0.1, 0.15) is 0 Å². The van der Waals surface area contributed by atoms with E-state index >= 15 is 0 Å². The van der Waals surface area contributed by atoms with Crippen LogP contribution in [0.15, 0.2) is 0 Å². The molecule has 0 unspecified atom stereocenters. The highest BCUT2D eigenvalue weighted by molar-refractivity contribution is 8.10. The summed E-state index contributed by atoms with van der Waals surface area (Å²) in [5.41, 5.74) is 0. The average molecular weight is 158 g/mol. The molecule has 0 radical (unpaired) electrons. The van der Waals surface area contributed by atoms with Crippen LogP contribution in [0.3, 0.4) is 0 Å². The van der Waals surface area contributed by atoms with E-state index in [2.05, 4.69) is 7.26 Å². The highest BCUT2D eigenvalue weighted by atomic mass is 32.3. The highest BCUT2D eigenvalue weighted by Gasteiger charge is 1.81. The molecule has 0 aliphatic carbocycles. The SMILES string of the molecule is CSOSOSC. The molecule has 0 rings (SSSR count). The molecule has 7 heavy (non-hydrogen) atoms. The Labute approximate surface area is 56.5 Å². The van der Waals surface area contributed by atoms with Crippen LogP contribution >= 0.6 is 36.4 Å². The summed E-state index contributed by atoms with van der Waals surface area (Å²) >= 11 is 3.51. The molecule has 2 nitrogen and oxygen atoms in total. The second kappa shape index (κ2) is 6.97. The number of hydrogen-bond donors (Lipinski definition) is 0. The van der Waals surface area contributed by atoms with Crippen molar-refractivity contribution in [3.8, 4) is 0 Å². The third-order valence-electron chi connectivity index (χ3n) is 0.192. The van der Waals surface area contributed by atoms with Crippen molar-refractivity contribution in [1.29, 1.82) is 0 Å². The molecule has 0 heterocycles. The maximum Gasteiger partial charge on any atom is 0.184 e. The summed E-state index contributed by atoms with van der Waals surface area (Å²) in [6, 6.07) is 0. The van der Waals surface area contributed by atoms with Crippen molar-refractivity contribution in [2.24, 2.45) is 0 Å². The molecule has 0 aromatic rings. The normalized spacial score (nSPS) is 9.43. The van der Waals surface area contributed by atoms with Gasteiger partial charge in [0.05, 0.1) is 0 Å². The summed E-state index contributed by atoms with van der Waals surface area (Å²) in [4.78, 5) is 0. The van der Waals surface area contributed by atoms with Crippen LogP contribution < -0.4 is 0 Å². The predicted octanol–water partition coefficient (Wildman–Crippen LogP) is 2.14. The summed E-state index contributed by atoms with van der Waals surface area (Å²) in [7, 11) is 0. The lowest BCUT2D eigenvalue weighted by atomic mass is 12.0. The fourth-order valence-corrected chi connectivity index (χ4v) is 0.806. The van der Waals surface area contributed by atoms with E-state index in [0.29, 0.717) is 0 Å². The Balaban J connectivity index is 2.45. The smallest absolute Gasteiger partial charge is 0.184 e. The molecule has 0 aromatic carbocycles. The minimum Gasteiger partial charge on any atom is -0.219 e. The van der Waals surface area contributed by atoms with Gasteiger partial charge in [-0.05, 0) is 0 Å². The molecule has 0 N–H and O–H groups in total. The molecule has 0 aliphatic heterocycles. The van der Waals surface area contributed by atoms with Gasteiger partial charge in [0.2, 0.25) is 0 Å². The van der Waals surface area contributed by atoms with E-state index in [1.807, 2.05) is 12.5 Å². The zero-order valence-corrected chi connectivity index (χ0v) is 6.49. The Hall–Kier alpha value is 0.970. The topological polar surface area (TPSA) is 18.5 Å². The Bertz CT molecular complexity index is 30.1. The van der Waals surface area contributed by atoms with Crippen LogP contribution in [0, 0.1) is 0 Å². The molecule has 0 atom stereocenters. The third kappa shape index (κ3) is 6.97. The van der Waals surface area contributed by atoms with Gasteiger partial charge in [-0.15, -0.1) is 0 Å². The standard InChI is InChI=1S/C2H6O2S3/c1-5-3-7-4-6-2/h1-2H3. The second-order valence-corrected chi connectivity index (χ2v) is 2.43. The first-order valence-corrected chi connectivity index (χ1v) is 4.45. The van der Waals surface area contributed by atoms with Crippen LogP contribution in [0.1, 0.15) is 0 Å². The van der Waals surface area contributed by atoms with Crippen LogP contribution in [-0.4, -0.2) is 12.5 Å². The molecule has 0 amide bonds. The van der Waals surface area contributed by atoms with Crippen molar-refractivity contribution < 1.29 is 7.26 Å². The summed E-state index contributed by atoms with van der Waals surface area (Å²) < 4.78 is 9.33. The van der Waals surface area contributed by atoms with E-state index < -0.39 is 0 Å². The quantitative estimate of drug-likeness (QED) is 0.459. The molecule has 0 saturated carbocycles. The molecule has 5 heteroatoms. The van der Waals surface area contributed by atoms with Crippen molar-refractivity contribution in [1.82, 2.24) is 0 Å². The van der Waals surface area contributed by atoms with E-state index in [4.69, 9.17) is 0 Å². The first kappa shape index (κ1) is 7.97. The Morgan fingerprint density at radius 2 is 1.43 bits per heavy atom. The summed E-state index contributed by atoms with van der Waals surface area (Å²) in [5.74, 6) is 0. The van der Waals surface area contributed by atoms with Gasteiger partial charge >= 0.3 is 0 Å². The van der Waals surface area contributed by atoms with Gasteiger partial charge in [-0.3, -0.25) is 0 Å². The Morgan fingerprint density at radius 1 is 1.00 bits per heavy atom. The van der Waals surface area contributed by atoms with Gasteiger partial charge in [0.15, 0.2) is 12.3 Å². The molecule has 0 bridgehead atoms. The largest absolute Gasteiger partial charge is 0.219 e. The molecular formula is C2H6O2S3. The Kier molecular flexibility index (Phi) is 7.94. The van der Waals surface area contributed by atoms with Crippen molar-refractivity contribution in [2.75, 3.05) is 12.5 Å². The van der Waals surface area contributed by atoms with Gasteiger partial charge < -0.3 is 0 Å². The fourth-order valence-electron chi connectivity index (χ4n) is 0.0669. The fraction of sp³-hybridized carbons (Fsp3) is 1.00. The third-order valence-corrected chi connectivity index (χ3v) is 1.72. The van der Waals surface area contributed by atoms with Crippen molar-refractivity contribution in [3.63, 3.8) is 0 Å². The molecule has 0 spiro atoms. The molecule has 0 saturated heterocycles. The van der Waals surface area contributed by atoms with Crippen LogP contribution in [0.4, 0.5) is 0 Å². The monoisotopic (exact) mass is 158 g/mol. The molecular weight excluding hydrogens is 152 g/mol. The van der Waals surface area contributed by atoms with Crippen molar-refractivity contribution in [2.45, 2.75) is 0 Å². The molecule has 44 valence electrons. The van der Waals surface area contributed by atoms with Crippen LogP contribution in [0.5, 0.6) is 0 Å². The summed E-state index contributed by atoms with van der Waals surface area (Å²) in [6.45, 7) is 0. The Morgan fingerprint density at radius 3 is 1.71 bits per heavy atom. The second-order valence-electron chi connectivity index (χ2n) is 0.537. The minimum absolute atomic E-state index is 0.979. The van der Waals surface area contributed by atoms with Crippen LogP contribution in [-0.2, 0) is 7.26 Å². The lowest BCUT2D eigenvalue weighted by molar-refractivity contribution is 0.644. The van der Waals surface area contributed by atoms with Gasteiger partial charge in [-0.25, -0.2) is 7.26 Å². The van der Waals surface area contributed by atoms with Gasteiger partial charge in [0.25, 0.3) is 0 Å². The van der Waals surface area contributed by atoms with Crippen LogP contribution in [0.25, 0.3) is 0 Å². The van der Waals surface area contributed by atoms with Crippen molar-refractivity contribution >= 4 is 36.4 Å². The van der Waals surface area contributed by atoms with Crippen molar-refractivity contribution in [3.05, 3.63) is 0 Å². The zero-order valence-electron chi connectivity index (χ0n) is 4.04. The van der Waals surface area contributed by atoms with Gasteiger partial charge in [0, 0.05) is 36.6 Å². The number of hydrogen-bond acceptors (Lipinski definition) is 5. The first-order chi connectivity index (χ1) is 3.41. The maximum absolute atomic E-state index is 4.66. The lowest BCUT2D eigenvalue weighted by Gasteiger charge is -1.90. The maximum atomic E-state index is 4.66. The molecule has 0 aromatic heterocycles. The van der Waals surface area contributed by atoms with E-state index in [9.17, 15) is 0 Å². The van der Waals surface area contributed by atoms with E-state index in [1.54, 1.807) is 0 Å². The first-order valence-electron chi connectivity index (χ1n) is 1.48. The number of rotatable bonds is 4. The lowest BCUT2D eigenvalue weighted by Crippen LogP contribution is -1.60. The molecule has 0 fully saturated rings. The summed E-state index contributed by atoms with van der Waals surface area (Å²) in [6.07, 6.45) is 3.66. The predicted molar refractivity (Wildman–Crippen MR) is 36.8 cm³/mol. The van der Waals surface area contributed by atoms with Gasteiger partial charge in [-0.2, -0.15) is 0 Å². The average Bonchev–Trinajstić information content (AvgIpc) is 1.69. The zero-order chi connectivity index (χ0) is 5.54. The summed E-state index contributed by atoms with van der Waals surface area (Å²) in [5, 5.41) is 0. The van der Waals surface area contributed by atoms with E-state index in [1.165, 1.54) is 24.1 Å². The van der Waals surface area contributed by atoms with E-state index in [0.717, 1.165) is 12.3 Å². The minimum atomic E-state index is 0.979. The highest BCUT2D eigenvalue weighted by Crippen LogP contribution is 2.17.